The van der Waals surface area contributed by atoms with Crippen LogP contribution in [0.4, 0.5) is 5.69 Å². The van der Waals surface area contributed by atoms with Crippen LogP contribution in [-0.2, 0) is 14.8 Å². The third kappa shape index (κ3) is 6.52. The molecule has 0 bridgehead atoms. The maximum absolute atomic E-state index is 13.3. The van der Waals surface area contributed by atoms with Gasteiger partial charge in [0.15, 0.2) is 0 Å². The predicted molar refractivity (Wildman–Crippen MR) is 134 cm³/mol. The molecule has 2 N–H and O–H groups in total. The molecule has 8 nitrogen and oxygen atoms in total. The number of benzene rings is 2. The molecule has 1 saturated heterocycles. The average molecular weight is 506 g/mol. The molecule has 10 heteroatoms. The van der Waals surface area contributed by atoms with E-state index in [2.05, 4.69) is 10.0 Å². The van der Waals surface area contributed by atoms with Gasteiger partial charge in [-0.1, -0.05) is 25.0 Å². The second kappa shape index (κ2) is 12.2. The number of carbonyl (C=O) groups excluding carboxylic acids is 2. The Hall–Kier alpha value is -2.56. The Labute approximate surface area is 205 Å². The van der Waals surface area contributed by atoms with Crippen LogP contribution < -0.4 is 10.0 Å². The summed E-state index contributed by atoms with van der Waals surface area (Å²) >= 11 is 1.41. The molecular formula is C24H31N3O5S2. The molecule has 2 amide bonds. The fraction of sp³-hybridized carbons (Fsp3) is 0.417. The lowest BCUT2D eigenvalue weighted by Gasteiger charge is -2.22. The summed E-state index contributed by atoms with van der Waals surface area (Å²) in [6.45, 7) is 1.99. The average Bonchev–Trinajstić information content (AvgIpc) is 3.13. The smallest absolute Gasteiger partial charge is 0.261 e. The van der Waals surface area contributed by atoms with Gasteiger partial charge in [0.05, 0.1) is 28.3 Å². The number of sulfonamides is 1. The summed E-state index contributed by atoms with van der Waals surface area (Å²) in [7, 11) is -2.52. The first-order valence-electron chi connectivity index (χ1n) is 11.2. The van der Waals surface area contributed by atoms with Crippen molar-refractivity contribution in [1.82, 2.24) is 10.2 Å². The lowest BCUT2D eigenvalue weighted by molar-refractivity contribution is 0.0757. The second-order valence-corrected chi connectivity index (χ2v) is 10.5. The van der Waals surface area contributed by atoms with Crippen LogP contribution in [0.15, 0.2) is 52.3 Å². The summed E-state index contributed by atoms with van der Waals surface area (Å²) in [6.07, 6.45) is 5.94. The molecule has 1 heterocycles. The first-order chi connectivity index (χ1) is 16.4. The van der Waals surface area contributed by atoms with Gasteiger partial charge in [-0.25, -0.2) is 8.42 Å². The van der Waals surface area contributed by atoms with E-state index in [9.17, 15) is 18.0 Å². The number of methoxy groups -OCH3 is 1. The van der Waals surface area contributed by atoms with Crippen LogP contribution >= 0.6 is 11.8 Å². The van der Waals surface area contributed by atoms with Crippen LogP contribution in [0, 0.1) is 0 Å². The Morgan fingerprint density at radius 1 is 1.03 bits per heavy atom. The van der Waals surface area contributed by atoms with E-state index in [1.165, 1.54) is 37.1 Å². The normalized spacial score (nSPS) is 14.4. The molecule has 0 aromatic heterocycles. The molecule has 0 radical (unpaired) electrons. The number of amides is 2. The number of nitrogens with one attached hydrogen (secondary N) is 2. The lowest BCUT2D eigenvalue weighted by Crippen LogP contribution is -2.32. The van der Waals surface area contributed by atoms with E-state index in [-0.39, 0.29) is 22.1 Å². The molecule has 2 aromatic rings. The first kappa shape index (κ1) is 26.1. The standard InChI is InChI=1S/C24H31N3O5S2/c1-32-16-13-25-23(28)19-9-5-6-10-21(19)26-34(30,31)18-11-12-22(33-2)20(17-18)24(29)27-14-7-3-4-8-15-27/h5-6,9-12,17,26H,3-4,7-8,13-16H2,1-2H3,(H,25,28). The molecule has 0 saturated carbocycles. The zero-order chi connectivity index (χ0) is 24.6. The minimum Gasteiger partial charge on any atom is -0.383 e. The predicted octanol–water partition coefficient (Wildman–Crippen LogP) is 3.60. The van der Waals surface area contributed by atoms with Gasteiger partial charge in [0, 0.05) is 31.6 Å². The molecule has 0 atom stereocenters. The van der Waals surface area contributed by atoms with E-state index in [1.807, 2.05) is 11.2 Å². The number of thioether (sulfide) groups is 1. The van der Waals surface area contributed by atoms with E-state index in [1.54, 1.807) is 24.3 Å². The quantitative estimate of drug-likeness (QED) is 0.399. The molecule has 1 aliphatic heterocycles. The molecule has 0 unspecified atom stereocenters. The van der Waals surface area contributed by atoms with Crippen molar-refractivity contribution in [3.63, 3.8) is 0 Å². The number of ether oxygens (including phenoxy) is 1. The van der Waals surface area contributed by atoms with Crippen LogP contribution in [-0.4, -0.2) is 64.7 Å². The molecular weight excluding hydrogens is 474 g/mol. The summed E-state index contributed by atoms with van der Waals surface area (Å²) in [5.74, 6) is -0.564. The van der Waals surface area contributed by atoms with Gasteiger partial charge in [-0.2, -0.15) is 0 Å². The van der Waals surface area contributed by atoms with E-state index in [0.717, 1.165) is 30.6 Å². The van der Waals surface area contributed by atoms with Gasteiger partial charge in [-0.3, -0.25) is 14.3 Å². The Bertz CT molecular complexity index is 1110. The van der Waals surface area contributed by atoms with E-state index >= 15 is 0 Å². The number of hydrogen-bond acceptors (Lipinski definition) is 6. The number of likely N-dealkylation sites (tertiary alicyclic amines) is 1. The molecule has 0 aliphatic carbocycles. The summed E-state index contributed by atoms with van der Waals surface area (Å²) in [4.78, 5) is 28.3. The molecule has 1 fully saturated rings. The summed E-state index contributed by atoms with van der Waals surface area (Å²) < 4.78 is 33.9. The van der Waals surface area contributed by atoms with Crippen molar-refractivity contribution in [1.29, 1.82) is 0 Å². The number of rotatable bonds is 9. The minimum absolute atomic E-state index is 0.0296. The van der Waals surface area contributed by atoms with Crippen molar-refractivity contribution in [2.24, 2.45) is 0 Å². The molecule has 1 aliphatic rings. The Kier molecular flexibility index (Phi) is 9.37. The summed E-state index contributed by atoms with van der Waals surface area (Å²) in [6, 6.07) is 11.0. The van der Waals surface area contributed by atoms with E-state index < -0.39 is 15.9 Å². The Morgan fingerprint density at radius 3 is 2.41 bits per heavy atom. The monoisotopic (exact) mass is 505 g/mol. The van der Waals surface area contributed by atoms with Crippen molar-refractivity contribution >= 4 is 39.3 Å². The van der Waals surface area contributed by atoms with Crippen LogP contribution in [0.1, 0.15) is 46.4 Å². The van der Waals surface area contributed by atoms with Gasteiger partial charge in [0.2, 0.25) is 0 Å². The van der Waals surface area contributed by atoms with Gasteiger partial charge in [0.25, 0.3) is 21.8 Å². The van der Waals surface area contributed by atoms with E-state index in [0.29, 0.717) is 31.8 Å². The second-order valence-electron chi connectivity index (χ2n) is 7.97. The number of carbonyl (C=O) groups is 2. The minimum atomic E-state index is -4.05. The molecule has 3 rings (SSSR count). The lowest BCUT2D eigenvalue weighted by atomic mass is 10.1. The summed E-state index contributed by atoms with van der Waals surface area (Å²) in [5.41, 5.74) is 0.735. The molecule has 2 aromatic carbocycles. The number of para-hydroxylation sites is 1. The molecule has 184 valence electrons. The van der Waals surface area contributed by atoms with Gasteiger partial charge in [-0.15, -0.1) is 11.8 Å². The third-order valence-corrected chi connectivity index (χ3v) is 7.77. The zero-order valence-electron chi connectivity index (χ0n) is 19.5. The van der Waals surface area contributed by atoms with Crippen molar-refractivity contribution in [3.05, 3.63) is 53.6 Å². The van der Waals surface area contributed by atoms with Crippen molar-refractivity contribution in [2.75, 3.05) is 44.3 Å². The number of hydrogen-bond donors (Lipinski definition) is 2. The Morgan fingerprint density at radius 2 is 1.74 bits per heavy atom. The summed E-state index contributed by atoms with van der Waals surface area (Å²) in [5, 5.41) is 2.69. The van der Waals surface area contributed by atoms with Crippen molar-refractivity contribution in [2.45, 2.75) is 35.5 Å². The molecule has 0 spiro atoms. The number of anilines is 1. The van der Waals surface area contributed by atoms with Crippen molar-refractivity contribution in [3.8, 4) is 0 Å². The topological polar surface area (TPSA) is 105 Å². The maximum Gasteiger partial charge on any atom is 0.261 e. The molecule has 34 heavy (non-hydrogen) atoms. The Balaban J connectivity index is 1.88. The SMILES string of the molecule is COCCNC(=O)c1ccccc1NS(=O)(=O)c1ccc(SC)c(C(=O)N2CCCCCC2)c1. The fourth-order valence-electron chi connectivity index (χ4n) is 3.80. The van der Waals surface area contributed by atoms with Gasteiger partial charge < -0.3 is 15.0 Å². The highest BCUT2D eigenvalue weighted by molar-refractivity contribution is 7.98. The zero-order valence-corrected chi connectivity index (χ0v) is 21.1. The van der Waals surface area contributed by atoms with Gasteiger partial charge in [-0.05, 0) is 49.4 Å². The highest BCUT2D eigenvalue weighted by Gasteiger charge is 2.24. The van der Waals surface area contributed by atoms with Gasteiger partial charge >= 0.3 is 0 Å². The largest absolute Gasteiger partial charge is 0.383 e. The van der Waals surface area contributed by atoms with Crippen LogP contribution in [0.25, 0.3) is 0 Å². The van der Waals surface area contributed by atoms with Crippen LogP contribution in [0.3, 0.4) is 0 Å². The van der Waals surface area contributed by atoms with Crippen LogP contribution in [0.5, 0.6) is 0 Å². The fourth-order valence-corrected chi connectivity index (χ4v) is 5.48. The maximum atomic E-state index is 13.3. The van der Waals surface area contributed by atoms with E-state index in [4.69, 9.17) is 4.74 Å². The van der Waals surface area contributed by atoms with Crippen LogP contribution in [0.2, 0.25) is 0 Å². The van der Waals surface area contributed by atoms with Crippen molar-refractivity contribution < 1.29 is 22.7 Å². The highest BCUT2D eigenvalue weighted by atomic mass is 32.2. The number of nitrogens with zero attached hydrogens (tertiary/aromatic N) is 1. The first-order valence-corrected chi connectivity index (χ1v) is 13.9. The van der Waals surface area contributed by atoms with Gasteiger partial charge in [0.1, 0.15) is 0 Å². The highest BCUT2D eigenvalue weighted by Crippen LogP contribution is 2.28. The third-order valence-electron chi connectivity index (χ3n) is 5.61.